The van der Waals surface area contributed by atoms with Gasteiger partial charge in [-0.05, 0) is 30.5 Å². The number of aryl methyl sites for hydroxylation is 1. The van der Waals surface area contributed by atoms with Gasteiger partial charge in [0.2, 0.25) is 0 Å². The van der Waals surface area contributed by atoms with Gasteiger partial charge in [-0.2, -0.15) is 0 Å². The van der Waals surface area contributed by atoms with E-state index in [1.54, 1.807) is 7.05 Å². The van der Waals surface area contributed by atoms with Crippen LogP contribution in [-0.2, 0) is 4.79 Å². The molecule has 0 aliphatic carbocycles. The third kappa shape index (κ3) is 1.48. The molecular weight excluding hydrogens is 202 g/mol. The van der Waals surface area contributed by atoms with Crippen LogP contribution in [0.25, 0.3) is 5.57 Å². The van der Waals surface area contributed by atoms with Gasteiger partial charge >= 0.3 is 0 Å². The molecule has 0 radical (unpaired) electrons. The van der Waals surface area contributed by atoms with Crippen molar-refractivity contribution in [3.63, 3.8) is 0 Å². The summed E-state index contributed by atoms with van der Waals surface area (Å²) in [5, 5.41) is 9.82. The van der Waals surface area contributed by atoms with Crippen molar-refractivity contribution in [1.82, 2.24) is 4.90 Å². The average molecular weight is 217 g/mol. The number of aliphatic hydroxyl groups is 1. The highest BCUT2D eigenvalue weighted by molar-refractivity contribution is 6.22. The van der Waals surface area contributed by atoms with Gasteiger partial charge < -0.3 is 10.0 Å². The van der Waals surface area contributed by atoms with E-state index in [1.165, 1.54) is 4.90 Å². The van der Waals surface area contributed by atoms with E-state index in [0.717, 1.165) is 16.7 Å². The van der Waals surface area contributed by atoms with Gasteiger partial charge in [0.25, 0.3) is 5.91 Å². The molecule has 0 unspecified atom stereocenters. The number of hydrogen-bond acceptors (Lipinski definition) is 2. The molecule has 0 aromatic heterocycles. The van der Waals surface area contributed by atoms with Gasteiger partial charge in [-0.3, -0.25) is 4.79 Å². The molecule has 1 aromatic rings. The third-order valence-corrected chi connectivity index (χ3v) is 3.11. The van der Waals surface area contributed by atoms with E-state index in [-0.39, 0.29) is 11.7 Å². The summed E-state index contributed by atoms with van der Waals surface area (Å²) in [4.78, 5) is 13.4. The van der Waals surface area contributed by atoms with Crippen molar-refractivity contribution in [2.45, 2.75) is 13.8 Å². The number of carbonyl (C=O) groups excluding carboxylic acids is 1. The molecule has 1 N–H and O–H groups in total. The molecule has 0 saturated carbocycles. The van der Waals surface area contributed by atoms with Gasteiger partial charge in [0.05, 0.1) is 12.1 Å². The number of likely N-dealkylation sites (N-methyl/N-ethyl adjacent to an activating group) is 1. The number of rotatable bonds is 1. The summed E-state index contributed by atoms with van der Waals surface area (Å²) in [7, 11) is 1.69. The smallest absolute Gasteiger partial charge is 0.258 e. The standard InChI is InChI=1S/C13H15NO2/c1-8-5-4-6-10(9(8)2)12-11(15)7-14(3)13(12)16/h4-6,15H,7H2,1-3H3. The van der Waals surface area contributed by atoms with Crippen LogP contribution in [0.15, 0.2) is 24.0 Å². The van der Waals surface area contributed by atoms with Crippen molar-refractivity contribution in [3.8, 4) is 0 Å². The first-order valence-corrected chi connectivity index (χ1v) is 5.26. The van der Waals surface area contributed by atoms with Crippen molar-refractivity contribution >= 4 is 11.5 Å². The summed E-state index contributed by atoms with van der Waals surface area (Å²) in [5.74, 6) is 0.0624. The van der Waals surface area contributed by atoms with Crippen molar-refractivity contribution in [2.24, 2.45) is 0 Å². The SMILES string of the molecule is Cc1cccc(C2=C(O)CN(C)C2=O)c1C. The minimum atomic E-state index is -0.105. The van der Waals surface area contributed by atoms with Crippen LogP contribution in [-0.4, -0.2) is 29.5 Å². The van der Waals surface area contributed by atoms with Gasteiger partial charge in [-0.25, -0.2) is 0 Å². The molecular formula is C13H15NO2. The molecule has 16 heavy (non-hydrogen) atoms. The number of amides is 1. The van der Waals surface area contributed by atoms with Gasteiger partial charge in [0.15, 0.2) is 0 Å². The lowest BCUT2D eigenvalue weighted by atomic mass is 9.97. The Morgan fingerprint density at radius 3 is 2.56 bits per heavy atom. The maximum absolute atomic E-state index is 11.9. The molecule has 0 atom stereocenters. The predicted octanol–water partition coefficient (Wildman–Crippen LogP) is 2.04. The van der Waals surface area contributed by atoms with Crippen LogP contribution >= 0.6 is 0 Å². The van der Waals surface area contributed by atoms with Crippen LogP contribution in [0.4, 0.5) is 0 Å². The molecule has 0 bridgehead atoms. The lowest BCUT2D eigenvalue weighted by Gasteiger charge is -2.10. The predicted molar refractivity (Wildman–Crippen MR) is 63.1 cm³/mol. The van der Waals surface area contributed by atoms with Gasteiger partial charge in [0, 0.05) is 7.05 Å². The fourth-order valence-corrected chi connectivity index (χ4v) is 1.98. The maximum atomic E-state index is 11.9. The van der Waals surface area contributed by atoms with Crippen molar-refractivity contribution < 1.29 is 9.90 Å². The summed E-state index contributed by atoms with van der Waals surface area (Å²) in [6, 6.07) is 5.79. The van der Waals surface area contributed by atoms with Gasteiger partial charge in [0.1, 0.15) is 5.76 Å². The van der Waals surface area contributed by atoms with Crippen molar-refractivity contribution in [2.75, 3.05) is 13.6 Å². The molecule has 1 aliphatic rings. The first kappa shape index (κ1) is 10.7. The molecule has 84 valence electrons. The Labute approximate surface area is 95.0 Å². The van der Waals surface area contributed by atoms with Crippen LogP contribution in [0.5, 0.6) is 0 Å². The summed E-state index contributed by atoms with van der Waals surface area (Å²) in [5.41, 5.74) is 3.46. The molecule has 1 aliphatic heterocycles. The topological polar surface area (TPSA) is 40.5 Å². The fraction of sp³-hybridized carbons (Fsp3) is 0.308. The summed E-state index contributed by atoms with van der Waals surface area (Å²) in [6.45, 7) is 4.28. The Bertz CT molecular complexity index is 489. The van der Waals surface area contributed by atoms with Crippen LogP contribution in [0.1, 0.15) is 16.7 Å². The lowest BCUT2D eigenvalue weighted by Crippen LogP contribution is -2.21. The first-order chi connectivity index (χ1) is 7.52. The van der Waals surface area contributed by atoms with E-state index in [1.807, 2.05) is 32.0 Å². The molecule has 0 spiro atoms. The van der Waals surface area contributed by atoms with E-state index < -0.39 is 0 Å². The summed E-state index contributed by atoms with van der Waals surface area (Å²) in [6.07, 6.45) is 0. The highest BCUT2D eigenvalue weighted by Crippen LogP contribution is 2.29. The second-order valence-corrected chi connectivity index (χ2v) is 4.23. The first-order valence-electron chi connectivity index (χ1n) is 5.26. The molecule has 0 fully saturated rings. The molecule has 1 aromatic carbocycles. The Morgan fingerprint density at radius 1 is 1.31 bits per heavy atom. The minimum Gasteiger partial charge on any atom is -0.510 e. The number of aliphatic hydroxyl groups excluding tert-OH is 1. The highest BCUT2D eigenvalue weighted by Gasteiger charge is 2.29. The zero-order valence-corrected chi connectivity index (χ0v) is 9.74. The lowest BCUT2D eigenvalue weighted by molar-refractivity contribution is -0.122. The summed E-state index contributed by atoms with van der Waals surface area (Å²) < 4.78 is 0. The number of nitrogens with zero attached hydrogens (tertiary/aromatic N) is 1. The van der Waals surface area contributed by atoms with E-state index in [2.05, 4.69) is 0 Å². The second-order valence-electron chi connectivity index (χ2n) is 4.23. The quantitative estimate of drug-likeness (QED) is 0.782. The zero-order valence-electron chi connectivity index (χ0n) is 9.74. The minimum absolute atomic E-state index is 0.105. The zero-order chi connectivity index (χ0) is 11.9. The van der Waals surface area contributed by atoms with E-state index >= 15 is 0 Å². The maximum Gasteiger partial charge on any atom is 0.258 e. The fourth-order valence-electron chi connectivity index (χ4n) is 1.98. The van der Waals surface area contributed by atoms with Crippen molar-refractivity contribution in [3.05, 3.63) is 40.6 Å². The van der Waals surface area contributed by atoms with E-state index in [4.69, 9.17) is 0 Å². The Kier molecular flexibility index (Phi) is 2.46. The normalized spacial score (nSPS) is 16.2. The molecule has 3 nitrogen and oxygen atoms in total. The van der Waals surface area contributed by atoms with Crippen molar-refractivity contribution in [1.29, 1.82) is 0 Å². The molecule has 0 saturated heterocycles. The number of carbonyl (C=O) groups is 1. The Balaban J connectivity index is 2.57. The van der Waals surface area contributed by atoms with Gasteiger partial charge in [-0.1, -0.05) is 18.2 Å². The van der Waals surface area contributed by atoms with Crippen LogP contribution in [0.3, 0.4) is 0 Å². The molecule has 2 rings (SSSR count). The van der Waals surface area contributed by atoms with E-state index in [0.29, 0.717) is 12.1 Å². The van der Waals surface area contributed by atoms with Crippen LogP contribution in [0, 0.1) is 13.8 Å². The monoisotopic (exact) mass is 217 g/mol. The number of hydrogen-bond donors (Lipinski definition) is 1. The molecule has 1 heterocycles. The molecule has 1 amide bonds. The highest BCUT2D eigenvalue weighted by atomic mass is 16.3. The van der Waals surface area contributed by atoms with Crippen LogP contribution in [0.2, 0.25) is 0 Å². The Hall–Kier alpha value is -1.77. The van der Waals surface area contributed by atoms with E-state index in [9.17, 15) is 9.90 Å². The largest absolute Gasteiger partial charge is 0.510 e. The second kappa shape index (κ2) is 3.67. The number of benzene rings is 1. The Morgan fingerprint density at radius 2 is 2.00 bits per heavy atom. The van der Waals surface area contributed by atoms with Gasteiger partial charge in [-0.15, -0.1) is 0 Å². The summed E-state index contributed by atoms with van der Waals surface area (Å²) >= 11 is 0. The average Bonchev–Trinajstić information content (AvgIpc) is 2.47. The third-order valence-electron chi connectivity index (χ3n) is 3.11. The van der Waals surface area contributed by atoms with Crippen LogP contribution < -0.4 is 0 Å². The molecule has 3 heteroatoms.